The summed E-state index contributed by atoms with van der Waals surface area (Å²) in [6, 6.07) is 12.7. The second-order valence-corrected chi connectivity index (χ2v) is 4.94. The molecule has 0 amide bonds. The molecule has 0 aliphatic carbocycles. The van der Waals surface area contributed by atoms with Crippen molar-refractivity contribution in [3.63, 3.8) is 0 Å². The molecule has 3 aromatic carbocycles. The molecule has 0 heterocycles. The Morgan fingerprint density at radius 3 is 2.50 bits per heavy atom. The average molecular weight is 305 g/mol. The van der Waals surface area contributed by atoms with Crippen molar-refractivity contribution in [1.29, 1.82) is 0 Å². The fraction of sp³-hybridized carbons (Fsp3) is 0.0667. The summed E-state index contributed by atoms with van der Waals surface area (Å²) in [6.45, 7) is 0. The summed E-state index contributed by atoms with van der Waals surface area (Å²) in [6.07, 6.45) is 0. The van der Waals surface area contributed by atoms with Crippen LogP contribution in [-0.2, 0) is 0 Å². The van der Waals surface area contributed by atoms with Crippen LogP contribution in [0.5, 0.6) is 5.75 Å². The fourth-order valence-electron chi connectivity index (χ4n) is 2.14. The van der Waals surface area contributed by atoms with Gasteiger partial charge in [0.15, 0.2) is 0 Å². The molecular weight excluding hydrogens is 295 g/mol. The van der Waals surface area contributed by atoms with Crippen LogP contribution in [-0.4, -0.2) is 7.11 Å². The molecule has 0 N–H and O–H groups in total. The van der Waals surface area contributed by atoms with Gasteiger partial charge in [0, 0.05) is 5.39 Å². The molecule has 0 radical (unpaired) electrons. The Kier molecular flexibility index (Phi) is 2.71. The standard InChI is InChI=1S/C15H10BrFO/c1-18-14-5-3-10-6-11-7-12(17)4-2-9(11)8-13(10)15(14)16/h2-8H,1H3. The molecule has 1 nitrogen and oxygen atoms in total. The Balaban J connectivity index is 2.41. The van der Waals surface area contributed by atoms with Crippen molar-refractivity contribution < 1.29 is 9.13 Å². The maximum atomic E-state index is 13.2. The van der Waals surface area contributed by atoms with Crippen LogP contribution in [0.1, 0.15) is 0 Å². The lowest BCUT2D eigenvalue weighted by Crippen LogP contribution is -1.86. The highest BCUT2D eigenvalue weighted by atomic mass is 79.9. The van der Waals surface area contributed by atoms with Gasteiger partial charge >= 0.3 is 0 Å². The van der Waals surface area contributed by atoms with E-state index in [0.29, 0.717) is 0 Å². The van der Waals surface area contributed by atoms with E-state index < -0.39 is 0 Å². The third-order valence-corrected chi connectivity index (χ3v) is 3.88. The summed E-state index contributed by atoms with van der Waals surface area (Å²) in [4.78, 5) is 0. The van der Waals surface area contributed by atoms with E-state index >= 15 is 0 Å². The van der Waals surface area contributed by atoms with Gasteiger partial charge in [0.2, 0.25) is 0 Å². The Morgan fingerprint density at radius 1 is 0.944 bits per heavy atom. The Morgan fingerprint density at radius 2 is 1.72 bits per heavy atom. The van der Waals surface area contributed by atoms with Crippen LogP contribution in [0.3, 0.4) is 0 Å². The molecule has 0 aromatic heterocycles. The van der Waals surface area contributed by atoms with Crippen molar-refractivity contribution in [1.82, 2.24) is 0 Å². The van der Waals surface area contributed by atoms with Crippen molar-refractivity contribution in [2.24, 2.45) is 0 Å². The van der Waals surface area contributed by atoms with Crippen LogP contribution in [0.15, 0.2) is 46.9 Å². The molecule has 18 heavy (non-hydrogen) atoms. The third kappa shape index (κ3) is 1.75. The molecular formula is C15H10BrFO. The van der Waals surface area contributed by atoms with Crippen LogP contribution in [0.4, 0.5) is 4.39 Å². The molecule has 3 aromatic rings. The van der Waals surface area contributed by atoms with Crippen molar-refractivity contribution in [3.8, 4) is 5.75 Å². The van der Waals surface area contributed by atoms with Crippen molar-refractivity contribution >= 4 is 37.5 Å². The Hall–Kier alpha value is -1.61. The van der Waals surface area contributed by atoms with Gasteiger partial charge in [-0.15, -0.1) is 0 Å². The largest absolute Gasteiger partial charge is 0.496 e. The van der Waals surface area contributed by atoms with E-state index in [4.69, 9.17) is 4.74 Å². The molecule has 0 unspecified atom stereocenters. The lowest BCUT2D eigenvalue weighted by atomic mass is 10.0. The number of halogens is 2. The molecule has 0 spiro atoms. The smallest absolute Gasteiger partial charge is 0.133 e. The van der Waals surface area contributed by atoms with E-state index in [2.05, 4.69) is 15.9 Å². The zero-order valence-electron chi connectivity index (χ0n) is 9.71. The van der Waals surface area contributed by atoms with Crippen LogP contribution >= 0.6 is 15.9 Å². The molecule has 0 saturated heterocycles. The van der Waals surface area contributed by atoms with Crippen LogP contribution in [0.2, 0.25) is 0 Å². The molecule has 0 aliphatic rings. The van der Waals surface area contributed by atoms with Gasteiger partial charge in [0.05, 0.1) is 11.6 Å². The highest BCUT2D eigenvalue weighted by Gasteiger charge is 2.07. The van der Waals surface area contributed by atoms with Gasteiger partial charge in [-0.2, -0.15) is 0 Å². The number of fused-ring (bicyclic) bond motifs is 2. The fourth-order valence-corrected chi connectivity index (χ4v) is 2.78. The molecule has 0 fully saturated rings. The van der Waals surface area contributed by atoms with E-state index in [1.165, 1.54) is 6.07 Å². The lowest BCUT2D eigenvalue weighted by molar-refractivity contribution is 0.413. The molecule has 0 aliphatic heterocycles. The van der Waals surface area contributed by atoms with Crippen LogP contribution in [0.25, 0.3) is 21.5 Å². The first-order valence-electron chi connectivity index (χ1n) is 5.54. The minimum atomic E-state index is -0.213. The second kappa shape index (κ2) is 4.25. The maximum absolute atomic E-state index is 13.2. The summed E-state index contributed by atoms with van der Waals surface area (Å²) >= 11 is 3.54. The third-order valence-electron chi connectivity index (χ3n) is 3.06. The summed E-state index contributed by atoms with van der Waals surface area (Å²) in [5.41, 5.74) is 0. The van der Waals surface area contributed by atoms with Gasteiger partial charge in [0.1, 0.15) is 11.6 Å². The molecule has 3 heteroatoms. The predicted octanol–water partition coefficient (Wildman–Crippen LogP) is 4.90. The van der Waals surface area contributed by atoms with Gasteiger partial charge in [-0.25, -0.2) is 4.39 Å². The normalized spacial score (nSPS) is 11.1. The summed E-state index contributed by atoms with van der Waals surface area (Å²) < 4.78 is 19.4. The van der Waals surface area contributed by atoms with Crippen molar-refractivity contribution in [3.05, 3.63) is 52.8 Å². The minimum absolute atomic E-state index is 0.213. The number of hydrogen-bond acceptors (Lipinski definition) is 1. The monoisotopic (exact) mass is 304 g/mol. The van der Waals surface area contributed by atoms with Gasteiger partial charge in [-0.3, -0.25) is 0 Å². The highest BCUT2D eigenvalue weighted by molar-refractivity contribution is 9.10. The lowest BCUT2D eigenvalue weighted by Gasteiger charge is -2.08. The number of benzene rings is 3. The first kappa shape index (κ1) is 11.5. The quantitative estimate of drug-likeness (QED) is 0.581. The molecule has 0 bridgehead atoms. The zero-order chi connectivity index (χ0) is 12.7. The summed E-state index contributed by atoms with van der Waals surface area (Å²) in [5, 5.41) is 4.03. The molecule has 0 saturated carbocycles. The Labute approximate surface area is 112 Å². The average Bonchev–Trinajstić information content (AvgIpc) is 2.37. The Bertz CT molecular complexity index is 752. The van der Waals surface area contributed by atoms with E-state index in [-0.39, 0.29) is 5.82 Å². The number of rotatable bonds is 1. The van der Waals surface area contributed by atoms with Crippen LogP contribution < -0.4 is 4.74 Å². The van der Waals surface area contributed by atoms with E-state index in [1.807, 2.05) is 24.3 Å². The number of methoxy groups -OCH3 is 1. The SMILES string of the molecule is COc1ccc2cc3cc(F)ccc3cc2c1Br. The van der Waals surface area contributed by atoms with E-state index in [9.17, 15) is 4.39 Å². The molecule has 90 valence electrons. The van der Waals surface area contributed by atoms with Gasteiger partial charge in [-0.05, 0) is 62.4 Å². The zero-order valence-corrected chi connectivity index (χ0v) is 11.3. The van der Waals surface area contributed by atoms with E-state index in [1.54, 1.807) is 19.2 Å². The van der Waals surface area contributed by atoms with Gasteiger partial charge in [-0.1, -0.05) is 12.1 Å². The molecule has 3 rings (SSSR count). The molecule has 0 atom stereocenters. The van der Waals surface area contributed by atoms with Crippen molar-refractivity contribution in [2.75, 3.05) is 7.11 Å². The second-order valence-electron chi connectivity index (χ2n) is 4.15. The van der Waals surface area contributed by atoms with Crippen LogP contribution in [0, 0.1) is 5.82 Å². The summed E-state index contributed by atoms with van der Waals surface area (Å²) in [5.74, 6) is 0.582. The topological polar surface area (TPSA) is 9.23 Å². The maximum Gasteiger partial charge on any atom is 0.133 e. The first-order valence-corrected chi connectivity index (χ1v) is 6.34. The van der Waals surface area contributed by atoms with Crippen molar-refractivity contribution in [2.45, 2.75) is 0 Å². The summed E-state index contributed by atoms with van der Waals surface area (Å²) in [7, 11) is 1.64. The minimum Gasteiger partial charge on any atom is -0.496 e. The van der Waals surface area contributed by atoms with E-state index in [0.717, 1.165) is 31.8 Å². The van der Waals surface area contributed by atoms with Gasteiger partial charge in [0.25, 0.3) is 0 Å². The van der Waals surface area contributed by atoms with Gasteiger partial charge < -0.3 is 4.74 Å². The number of ether oxygens (including phenoxy) is 1. The first-order chi connectivity index (χ1) is 8.69. The highest BCUT2D eigenvalue weighted by Crippen LogP contribution is 2.35. The number of hydrogen-bond donors (Lipinski definition) is 0. The predicted molar refractivity (Wildman–Crippen MR) is 75.7 cm³/mol.